The Balaban J connectivity index is 1.38. The van der Waals surface area contributed by atoms with Crippen molar-refractivity contribution in [2.75, 3.05) is 0 Å². The summed E-state index contributed by atoms with van der Waals surface area (Å²) in [4.78, 5) is 1.32. The molecule has 6 nitrogen and oxygen atoms in total. The van der Waals surface area contributed by atoms with E-state index >= 15 is 0 Å². The van der Waals surface area contributed by atoms with Crippen LogP contribution in [0.25, 0.3) is 11.5 Å². The minimum atomic E-state index is -0.0113. The van der Waals surface area contributed by atoms with Crippen molar-refractivity contribution in [1.82, 2.24) is 25.0 Å². The molecule has 0 saturated heterocycles. The molecule has 3 aromatic heterocycles. The van der Waals surface area contributed by atoms with E-state index in [1.54, 1.807) is 23.1 Å². The Morgan fingerprint density at radius 3 is 2.62 bits per heavy atom. The summed E-state index contributed by atoms with van der Waals surface area (Å²) >= 11 is 3.43. The molecular weight excluding hydrogens is 438 g/mol. The smallest absolute Gasteiger partial charge is 0.247 e. The Hall–Kier alpha value is -2.45. The van der Waals surface area contributed by atoms with Crippen molar-refractivity contribution in [3.63, 3.8) is 0 Å². The van der Waals surface area contributed by atoms with Gasteiger partial charge in [-0.05, 0) is 50.3 Å². The molecule has 1 aliphatic rings. The number of benzene rings is 1. The fraction of sp³-hybridized carbons (Fsp3) is 0.417. The van der Waals surface area contributed by atoms with Gasteiger partial charge in [-0.25, -0.2) is 0 Å². The molecule has 4 aromatic rings. The van der Waals surface area contributed by atoms with Gasteiger partial charge in [0.1, 0.15) is 5.82 Å². The van der Waals surface area contributed by atoms with E-state index in [1.807, 2.05) is 12.1 Å². The minimum Gasteiger partial charge on any atom is -0.419 e. The monoisotopic (exact) mass is 465 g/mol. The molecule has 1 aliphatic carbocycles. The van der Waals surface area contributed by atoms with Crippen LogP contribution in [0.2, 0.25) is 0 Å². The zero-order valence-electron chi connectivity index (χ0n) is 18.4. The highest BCUT2D eigenvalue weighted by molar-refractivity contribution is 7.99. The highest BCUT2D eigenvalue weighted by atomic mass is 32.2. The summed E-state index contributed by atoms with van der Waals surface area (Å²) in [5.74, 6) is 2.23. The van der Waals surface area contributed by atoms with Gasteiger partial charge in [-0.15, -0.1) is 31.7 Å². The number of thioether (sulfide) groups is 1. The van der Waals surface area contributed by atoms with Gasteiger partial charge in [0.05, 0.1) is 5.25 Å². The Kier molecular flexibility index (Phi) is 6.41. The van der Waals surface area contributed by atoms with Crippen LogP contribution in [0.15, 0.2) is 51.4 Å². The number of hydrogen-bond acceptors (Lipinski definition) is 7. The summed E-state index contributed by atoms with van der Waals surface area (Å²) in [7, 11) is 0. The van der Waals surface area contributed by atoms with Crippen LogP contribution in [0.5, 0.6) is 0 Å². The molecule has 0 N–H and O–H groups in total. The molecule has 0 aliphatic heterocycles. The lowest BCUT2D eigenvalue weighted by molar-refractivity contribution is 0.330. The van der Waals surface area contributed by atoms with E-state index in [4.69, 9.17) is 4.42 Å². The lowest BCUT2D eigenvalue weighted by Crippen LogP contribution is -2.17. The van der Waals surface area contributed by atoms with Gasteiger partial charge in [0, 0.05) is 22.9 Å². The fourth-order valence-corrected chi connectivity index (χ4v) is 5.87. The maximum atomic E-state index is 6.02. The highest BCUT2D eigenvalue weighted by Crippen LogP contribution is 2.39. The van der Waals surface area contributed by atoms with Crippen LogP contribution in [0.4, 0.5) is 0 Å². The standard InChI is InChI=1S/C24H27N5OS2/c1-16-10-12-18(13-11-16)23-27-26-22(30-23)17(2)32-24-28-25-21(15-20-9-6-14-31-20)29(24)19-7-4-3-5-8-19/h6,9-14,17,19H,3-5,7-8,15H2,1-2H3. The van der Waals surface area contributed by atoms with Crippen molar-refractivity contribution in [3.05, 3.63) is 63.9 Å². The molecule has 1 saturated carbocycles. The molecule has 1 unspecified atom stereocenters. The van der Waals surface area contributed by atoms with Crippen molar-refractivity contribution < 1.29 is 4.42 Å². The molecule has 5 rings (SSSR count). The van der Waals surface area contributed by atoms with Crippen molar-refractivity contribution in [1.29, 1.82) is 0 Å². The predicted molar refractivity (Wildman–Crippen MR) is 128 cm³/mol. The Morgan fingerprint density at radius 1 is 1.06 bits per heavy atom. The van der Waals surface area contributed by atoms with E-state index in [2.05, 4.69) is 68.5 Å². The maximum absolute atomic E-state index is 6.02. The predicted octanol–water partition coefficient (Wildman–Crippen LogP) is 6.65. The zero-order chi connectivity index (χ0) is 21.9. The first-order valence-electron chi connectivity index (χ1n) is 11.2. The minimum absolute atomic E-state index is 0.0113. The van der Waals surface area contributed by atoms with E-state index < -0.39 is 0 Å². The molecule has 3 heterocycles. The Bertz CT molecular complexity index is 1140. The van der Waals surface area contributed by atoms with Crippen molar-refractivity contribution >= 4 is 23.1 Å². The Labute approximate surface area is 196 Å². The number of aromatic nitrogens is 5. The number of nitrogens with zero attached hydrogens (tertiary/aromatic N) is 5. The molecule has 0 radical (unpaired) electrons. The third-order valence-corrected chi connectivity index (χ3v) is 7.88. The molecule has 1 atom stereocenters. The molecule has 1 aromatic carbocycles. The number of rotatable bonds is 7. The van der Waals surface area contributed by atoms with Crippen LogP contribution in [0, 0.1) is 6.92 Å². The van der Waals surface area contributed by atoms with Gasteiger partial charge < -0.3 is 8.98 Å². The molecule has 8 heteroatoms. The molecule has 0 amide bonds. The van der Waals surface area contributed by atoms with Crippen LogP contribution in [-0.2, 0) is 6.42 Å². The van der Waals surface area contributed by atoms with Crippen molar-refractivity contribution in [2.45, 2.75) is 68.8 Å². The SMILES string of the molecule is Cc1ccc(-c2nnc(C(C)Sc3nnc(Cc4cccs4)n3C3CCCCC3)o2)cc1. The summed E-state index contributed by atoms with van der Waals surface area (Å²) in [5, 5.41) is 20.9. The summed E-state index contributed by atoms with van der Waals surface area (Å²) in [6.07, 6.45) is 7.07. The van der Waals surface area contributed by atoms with Crippen LogP contribution in [-0.4, -0.2) is 25.0 Å². The first kappa shape index (κ1) is 21.4. The van der Waals surface area contributed by atoms with Gasteiger partial charge in [0.15, 0.2) is 5.16 Å². The molecule has 0 spiro atoms. The van der Waals surface area contributed by atoms with E-state index in [0.717, 1.165) is 23.0 Å². The third-order valence-electron chi connectivity index (χ3n) is 5.96. The molecule has 0 bridgehead atoms. The summed E-state index contributed by atoms with van der Waals surface area (Å²) in [6.45, 7) is 4.16. The normalized spacial score (nSPS) is 15.8. The van der Waals surface area contributed by atoms with Crippen LogP contribution in [0.3, 0.4) is 0 Å². The quantitative estimate of drug-likeness (QED) is 0.285. The van der Waals surface area contributed by atoms with Crippen LogP contribution >= 0.6 is 23.1 Å². The maximum Gasteiger partial charge on any atom is 0.247 e. The molecule has 1 fully saturated rings. The lowest BCUT2D eigenvalue weighted by atomic mass is 9.95. The largest absolute Gasteiger partial charge is 0.419 e. The van der Waals surface area contributed by atoms with Gasteiger partial charge in [-0.1, -0.05) is 54.8 Å². The second kappa shape index (κ2) is 9.58. The summed E-state index contributed by atoms with van der Waals surface area (Å²) in [5.41, 5.74) is 2.15. The second-order valence-electron chi connectivity index (χ2n) is 8.39. The number of hydrogen-bond donors (Lipinski definition) is 0. The highest BCUT2D eigenvalue weighted by Gasteiger charge is 2.26. The topological polar surface area (TPSA) is 69.6 Å². The first-order chi connectivity index (χ1) is 15.7. The second-order valence-corrected chi connectivity index (χ2v) is 10.7. The fourth-order valence-electron chi connectivity index (χ4n) is 4.20. The van der Waals surface area contributed by atoms with Crippen LogP contribution in [0.1, 0.15) is 72.5 Å². The summed E-state index contributed by atoms with van der Waals surface area (Å²) < 4.78 is 8.41. The van der Waals surface area contributed by atoms with Crippen LogP contribution < -0.4 is 0 Å². The van der Waals surface area contributed by atoms with Gasteiger partial charge in [-0.3, -0.25) is 0 Å². The molecule has 32 heavy (non-hydrogen) atoms. The van der Waals surface area contributed by atoms with Crippen molar-refractivity contribution in [3.8, 4) is 11.5 Å². The van der Waals surface area contributed by atoms with Gasteiger partial charge in [-0.2, -0.15) is 0 Å². The van der Waals surface area contributed by atoms with E-state index in [0.29, 0.717) is 17.8 Å². The van der Waals surface area contributed by atoms with E-state index in [9.17, 15) is 0 Å². The summed E-state index contributed by atoms with van der Waals surface area (Å²) in [6, 6.07) is 12.9. The first-order valence-corrected chi connectivity index (χ1v) is 13.0. The molecule has 166 valence electrons. The lowest BCUT2D eigenvalue weighted by Gasteiger charge is -2.26. The van der Waals surface area contributed by atoms with E-state index in [1.165, 1.54) is 42.5 Å². The van der Waals surface area contributed by atoms with E-state index in [-0.39, 0.29) is 5.25 Å². The van der Waals surface area contributed by atoms with Crippen molar-refractivity contribution in [2.24, 2.45) is 0 Å². The Morgan fingerprint density at radius 2 is 1.88 bits per heavy atom. The third kappa shape index (κ3) is 4.66. The average molecular weight is 466 g/mol. The average Bonchev–Trinajstić information content (AvgIpc) is 3.57. The van der Waals surface area contributed by atoms with Gasteiger partial charge in [0.2, 0.25) is 11.8 Å². The van der Waals surface area contributed by atoms with Gasteiger partial charge in [0.25, 0.3) is 0 Å². The van der Waals surface area contributed by atoms with Gasteiger partial charge >= 0.3 is 0 Å². The number of thiophene rings is 1. The zero-order valence-corrected chi connectivity index (χ0v) is 20.0. The molecular formula is C24H27N5OS2. The number of aryl methyl sites for hydroxylation is 1.